The van der Waals surface area contributed by atoms with Crippen molar-refractivity contribution in [3.63, 3.8) is 0 Å². The first-order valence-corrected chi connectivity index (χ1v) is 7.61. The van der Waals surface area contributed by atoms with Crippen molar-refractivity contribution in [2.24, 2.45) is 0 Å². The molecule has 0 aromatic heterocycles. The molecule has 3 rings (SSSR count). The predicted octanol–water partition coefficient (Wildman–Crippen LogP) is 4.76. The van der Waals surface area contributed by atoms with E-state index in [1.807, 2.05) is 91.0 Å². The van der Waals surface area contributed by atoms with Crippen LogP contribution >= 0.6 is 0 Å². The third kappa shape index (κ3) is 4.68. The summed E-state index contributed by atoms with van der Waals surface area (Å²) in [5, 5.41) is 1.49. The van der Waals surface area contributed by atoms with E-state index in [2.05, 4.69) is 0 Å². The first kappa shape index (κ1) is 15.3. The van der Waals surface area contributed by atoms with E-state index >= 15 is 0 Å². The fourth-order valence-corrected chi connectivity index (χ4v) is 2.15. The SMILES string of the molecule is c1ccc(CON(OCc2ccccc2)c2ccccc2)cc1. The fraction of sp³-hybridized carbons (Fsp3) is 0.100. The highest BCUT2D eigenvalue weighted by molar-refractivity contribution is 5.41. The van der Waals surface area contributed by atoms with Crippen molar-refractivity contribution in [2.75, 3.05) is 5.23 Å². The molecule has 3 nitrogen and oxygen atoms in total. The lowest BCUT2D eigenvalue weighted by Crippen LogP contribution is -2.23. The van der Waals surface area contributed by atoms with Crippen molar-refractivity contribution >= 4 is 5.69 Å². The van der Waals surface area contributed by atoms with E-state index in [-0.39, 0.29) is 0 Å². The molecule has 0 radical (unpaired) electrons. The second-order valence-electron chi connectivity index (χ2n) is 5.11. The van der Waals surface area contributed by atoms with E-state index in [9.17, 15) is 0 Å². The third-order valence-corrected chi connectivity index (χ3v) is 3.35. The lowest BCUT2D eigenvalue weighted by Gasteiger charge is -2.22. The van der Waals surface area contributed by atoms with Crippen LogP contribution in [0.5, 0.6) is 0 Å². The molecule has 0 fully saturated rings. The van der Waals surface area contributed by atoms with Crippen molar-refractivity contribution in [1.29, 1.82) is 0 Å². The van der Waals surface area contributed by atoms with Gasteiger partial charge in [-0.3, -0.25) is 0 Å². The van der Waals surface area contributed by atoms with Crippen molar-refractivity contribution in [3.8, 4) is 0 Å². The lowest BCUT2D eigenvalue weighted by atomic mass is 10.2. The largest absolute Gasteiger partial charge is 0.244 e. The van der Waals surface area contributed by atoms with E-state index in [4.69, 9.17) is 9.68 Å². The number of hydrogen-bond acceptors (Lipinski definition) is 3. The summed E-state index contributed by atoms with van der Waals surface area (Å²) in [5.41, 5.74) is 3.05. The molecule has 3 heteroatoms. The van der Waals surface area contributed by atoms with Gasteiger partial charge >= 0.3 is 0 Å². The zero-order valence-corrected chi connectivity index (χ0v) is 12.8. The van der Waals surface area contributed by atoms with Crippen molar-refractivity contribution in [3.05, 3.63) is 102 Å². The van der Waals surface area contributed by atoms with Crippen LogP contribution in [-0.2, 0) is 22.9 Å². The standard InChI is InChI=1S/C20H19NO2/c1-4-10-18(11-5-1)16-22-21(20-14-8-3-9-15-20)23-17-19-12-6-2-7-13-19/h1-15H,16-17H2. The van der Waals surface area contributed by atoms with Gasteiger partial charge in [0.05, 0.1) is 5.69 Å². The maximum Gasteiger partial charge on any atom is 0.103 e. The zero-order chi connectivity index (χ0) is 15.7. The van der Waals surface area contributed by atoms with Crippen LogP contribution in [0.15, 0.2) is 91.0 Å². The molecule has 0 saturated carbocycles. The van der Waals surface area contributed by atoms with Gasteiger partial charge in [-0.2, -0.15) is 0 Å². The first-order chi connectivity index (χ1) is 11.4. The Morgan fingerprint density at radius 2 is 0.913 bits per heavy atom. The highest BCUT2D eigenvalue weighted by Crippen LogP contribution is 2.17. The van der Waals surface area contributed by atoms with Crippen molar-refractivity contribution in [1.82, 2.24) is 0 Å². The van der Waals surface area contributed by atoms with E-state index < -0.39 is 0 Å². The molecule has 0 unspecified atom stereocenters. The van der Waals surface area contributed by atoms with Gasteiger partial charge in [0.2, 0.25) is 0 Å². The monoisotopic (exact) mass is 305 g/mol. The molecule has 23 heavy (non-hydrogen) atoms. The molecular weight excluding hydrogens is 286 g/mol. The minimum Gasteiger partial charge on any atom is -0.244 e. The highest BCUT2D eigenvalue weighted by Gasteiger charge is 2.08. The lowest BCUT2D eigenvalue weighted by molar-refractivity contribution is -0.105. The second-order valence-corrected chi connectivity index (χ2v) is 5.11. The number of benzene rings is 3. The second kappa shape index (κ2) is 8.13. The van der Waals surface area contributed by atoms with Crippen LogP contribution in [0.3, 0.4) is 0 Å². The van der Waals surface area contributed by atoms with Crippen LogP contribution in [0.2, 0.25) is 0 Å². The van der Waals surface area contributed by atoms with Crippen molar-refractivity contribution < 1.29 is 9.68 Å². The maximum absolute atomic E-state index is 5.85. The summed E-state index contributed by atoms with van der Waals surface area (Å²) in [7, 11) is 0. The summed E-state index contributed by atoms with van der Waals surface area (Å²) in [6.07, 6.45) is 0. The summed E-state index contributed by atoms with van der Waals surface area (Å²) in [5.74, 6) is 0. The van der Waals surface area contributed by atoms with Crippen LogP contribution in [0.1, 0.15) is 11.1 Å². The van der Waals surface area contributed by atoms with E-state index in [1.54, 1.807) is 0 Å². The molecule has 0 aliphatic rings. The predicted molar refractivity (Wildman–Crippen MR) is 91.4 cm³/mol. The number of para-hydroxylation sites is 1. The zero-order valence-electron chi connectivity index (χ0n) is 12.8. The van der Waals surface area contributed by atoms with E-state index in [0.29, 0.717) is 13.2 Å². The quantitative estimate of drug-likeness (QED) is 0.588. The topological polar surface area (TPSA) is 21.7 Å². The van der Waals surface area contributed by atoms with Gasteiger partial charge in [-0.15, -0.1) is 5.23 Å². The fourth-order valence-electron chi connectivity index (χ4n) is 2.15. The molecule has 0 atom stereocenters. The summed E-state index contributed by atoms with van der Waals surface area (Å²) >= 11 is 0. The molecule has 0 amide bonds. The van der Waals surface area contributed by atoms with Gasteiger partial charge in [0.15, 0.2) is 0 Å². The molecule has 3 aromatic rings. The molecule has 0 heterocycles. The first-order valence-electron chi connectivity index (χ1n) is 7.61. The van der Waals surface area contributed by atoms with Gasteiger partial charge in [0, 0.05) is 0 Å². The Morgan fingerprint density at radius 3 is 1.35 bits per heavy atom. The molecule has 0 spiro atoms. The van der Waals surface area contributed by atoms with Crippen LogP contribution in [0.4, 0.5) is 5.69 Å². The van der Waals surface area contributed by atoms with Gasteiger partial charge < -0.3 is 0 Å². The maximum atomic E-state index is 5.85. The van der Waals surface area contributed by atoms with Crippen LogP contribution in [0.25, 0.3) is 0 Å². The Hall–Kier alpha value is -2.62. The summed E-state index contributed by atoms with van der Waals surface area (Å²) in [6, 6.07) is 29.9. The Kier molecular flexibility index (Phi) is 5.40. The molecular formula is C20H19NO2. The molecule has 0 aliphatic carbocycles. The molecule has 116 valence electrons. The number of anilines is 1. The van der Waals surface area contributed by atoms with E-state index in [1.165, 1.54) is 5.23 Å². The number of nitrogens with zero attached hydrogens (tertiary/aromatic N) is 1. The molecule has 0 saturated heterocycles. The molecule has 0 aliphatic heterocycles. The average Bonchev–Trinajstić information content (AvgIpc) is 2.64. The number of hydrogen-bond donors (Lipinski definition) is 0. The van der Waals surface area contributed by atoms with Gasteiger partial charge in [-0.05, 0) is 23.3 Å². The molecule has 0 N–H and O–H groups in total. The Bertz CT molecular complexity index is 643. The summed E-state index contributed by atoms with van der Waals surface area (Å²) < 4.78 is 0. The van der Waals surface area contributed by atoms with E-state index in [0.717, 1.165) is 16.8 Å². The van der Waals surface area contributed by atoms with Crippen LogP contribution in [-0.4, -0.2) is 0 Å². The minimum absolute atomic E-state index is 0.449. The highest BCUT2D eigenvalue weighted by atomic mass is 16.9. The smallest absolute Gasteiger partial charge is 0.103 e. The average molecular weight is 305 g/mol. The summed E-state index contributed by atoms with van der Waals surface area (Å²) in [4.78, 5) is 11.7. The minimum atomic E-state index is 0.449. The Morgan fingerprint density at radius 1 is 0.522 bits per heavy atom. The van der Waals surface area contributed by atoms with Crippen molar-refractivity contribution in [2.45, 2.75) is 13.2 Å². The van der Waals surface area contributed by atoms with Gasteiger partial charge in [-0.1, -0.05) is 78.9 Å². The van der Waals surface area contributed by atoms with Gasteiger partial charge in [0.1, 0.15) is 13.2 Å². The van der Waals surface area contributed by atoms with Crippen LogP contribution in [0, 0.1) is 0 Å². The Balaban J connectivity index is 1.66. The normalized spacial score (nSPS) is 10.4. The third-order valence-electron chi connectivity index (χ3n) is 3.35. The van der Waals surface area contributed by atoms with Gasteiger partial charge in [-0.25, -0.2) is 9.68 Å². The molecule has 3 aromatic carbocycles. The van der Waals surface area contributed by atoms with Gasteiger partial charge in [0.25, 0.3) is 0 Å². The summed E-state index contributed by atoms with van der Waals surface area (Å²) in [6.45, 7) is 0.898. The Labute approximate surface area is 136 Å². The van der Waals surface area contributed by atoms with Crippen LogP contribution < -0.4 is 5.23 Å². The number of rotatable bonds is 7. The molecule has 0 bridgehead atoms.